The van der Waals surface area contributed by atoms with Crippen LogP contribution in [0.5, 0.6) is 0 Å². The molecule has 0 bridgehead atoms. The number of para-hydroxylation sites is 1. The molecule has 1 spiro atoms. The molecule has 2 aromatic carbocycles. The number of aliphatic imine (C=N–C) groups is 1. The maximum Gasteiger partial charge on any atom is 0.329 e. The molecule has 0 atom stereocenters. The zero-order chi connectivity index (χ0) is 18.4. The third kappa shape index (κ3) is 2.65. The van der Waals surface area contributed by atoms with Gasteiger partial charge in [0.05, 0.1) is 5.69 Å². The smallest absolute Gasteiger partial charge is 0.329 e. The molecule has 2 aliphatic rings. The second kappa shape index (κ2) is 6.23. The molecule has 26 heavy (non-hydrogen) atoms. The number of hydrogen-bond donors (Lipinski definition) is 2. The third-order valence-corrected chi connectivity index (χ3v) is 6.47. The van der Waals surface area contributed by atoms with Crippen molar-refractivity contribution in [3.05, 3.63) is 58.6 Å². The van der Waals surface area contributed by atoms with Gasteiger partial charge in [0.1, 0.15) is 5.54 Å². The van der Waals surface area contributed by atoms with Crippen molar-refractivity contribution in [2.45, 2.75) is 43.6 Å². The molecule has 4 rings (SSSR count). The normalized spacial score (nSPS) is 27.1. The van der Waals surface area contributed by atoms with Crippen LogP contribution in [0.2, 0.25) is 0 Å². The molecule has 1 saturated carbocycles. The SMILES string of the molecule is CC1=Nc2ccccc2C12CCC(Nc1cccc(Br)c1)(C(=O)O)CC2. The van der Waals surface area contributed by atoms with E-state index in [1.807, 2.05) is 42.5 Å². The summed E-state index contributed by atoms with van der Waals surface area (Å²) >= 11 is 3.45. The Hall–Kier alpha value is -2.14. The Bertz CT molecular complexity index is 898. The number of aliphatic carboxylic acids is 1. The van der Waals surface area contributed by atoms with Crippen molar-refractivity contribution < 1.29 is 9.90 Å². The summed E-state index contributed by atoms with van der Waals surface area (Å²) in [6, 6.07) is 15.9. The molecule has 4 nitrogen and oxygen atoms in total. The quantitative estimate of drug-likeness (QED) is 0.718. The number of carbonyl (C=O) groups is 1. The van der Waals surface area contributed by atoms with Crippen LogP contribution in [0, 0.1) is 0 Å². The zero-order valence-electron chi connectivity index (χ0n) is 14.6. The van der Waals surface area contributed by atoms with Crippen LogP contribution in [0.3, 0.4) is 0 Å². The van der Waals surface area contributed by atoms with Gasteiger partial charge in [-0.2, -0.15) is 0 Å². The second-order valence-electron chi connectivity index (χ2n) is 7.32. The molecule has 0 amide bonds. The average Bonchev–Trinajstić information content (AvgIpc) is 2.89. The maximum absolute atomic E-state index is 12.2. The molecular formula is C21H21BrN2O2. The molecule has 1 aliphatic heterocycles. The standard InChI is InChI=1S/C21H21BrN2O2/c1-14-20(17-7-2-3-8-18(17)23-14)9-11-21(12-10-20,19(25)26)24-16-6-4-5-15(22)13-16/h2-8,13,24H,9-12H2,1H3,(H,25,26). The Balaban J connectivity index is 1.63. The van der Waals surface area contributed by atoms with Crippen LogP contribution >= 0.6 is 15.9 Å². The number of hydrogen-bond acceptors (Lipinski definition) is 3. The van der Waals surface area contributed by atoms with Gasteiger partial charge >= 0.3 is 5.97 Å². The van der Waals surface area contributed by atoms with Gasteiger partial charge in [-0.1, -0.05) is 40.2 Å². The van der Waals surface area contributed by atoms with Crippen LogP contribution in [-0.4, -0.2) is 22.3 Å². The first kappa shape index (κ1) is 17.3. The molecule has 0 saturated heterocycles. The van der Waals surface area contributed by atoms with Crippen LogP contribution in [0.25, 0.3) is 0 Å². The lowest BCUT2D eigenvalue weighted by Crippen LogP contribution is -2.53. The minimum absolute atomic E-state index is 0.117. The van der Waals surface area contributed by atoms with Crippen LogP contribution in [0.1, 0.15) is 38.2 Å². The number of fused-ring (bicyclic) bond motifs is 2. The topological polar surface area (TPSA) is 61.7 Å². The minimum atomic E-state index is -0.941. The lowest BCUT2D eigenvalue weighted by Gasteiger charge is -2.44. The van der Waals surface area contributed by atoms with E-state index in [0.717, 1.165) is 34.4 Å². The third-order valence-electron chi connectivity index (χ3n) is 5.98. The Kier molecular flexibility index (Phi) is 4.14. The van der Waals surface area contributed by atoms with Gasteiger partial charge < -0.3 is 10.4 Å². The zero-order valence-corrected chi connectivity index (χ0v) is 16.2. The van der Waals surface area contributed by atoms with E-state index in [-0.39, 0.29) is 5.41 Å². The number of carboxylic acids is 1. The Morgan fingerprint density at radius 2 is 1.85 bits per heavy atom. The molecule has 5 heteroatoms. The van der Waals surface area contributed by atoms with Crippen molar-refractivity contribution in [1.82, 2.24) is 0 Å². The van der Waals surface area contributed by atoms with Crippen molar-refractivity contribution in [3.8, 4) is 0 Å². The van der Waals surface area contributed by atoms with Crippen molar-refractivity contribution in [3.63, 3.8) is 0 Å². The molecule has 0 radical (unpaired) electrons. The van der Waals surface area contributed by atoms with Crippen LogP contribution in [0.4, 0.5) is 11.4 Å². The van der Waals surface area contributed by atoms with Gasteiger partial charge in [-0.25, -0.2) is 4.79 Å². The molecule has 1 fully saturated rings. The Morgan fingerprint density at radius 3 is 2.54 bits per heavy atom. The van der Waals surface area contributed by atoms with Crippen molar-refractivity contribution in [2.75, 3.05) is 5.32 Å². The Labute approximate surface area is 161 Å². The van der Waals surface area contributed by atoms with Gasteiger partial charge in [-0.05, 0) is 62.4 Å². The Morgan fingerprint density at radius 1 is 1.12 bits per heavy atom. The molecule has 1 heterocycles. The number of halogens is 1. The van der Waals surface area contributed by atoms with Crippen molar-refractivity contribution in [1.29, 1.82) is 0 Å². The highest BCUT2D eigenvalue weighted by molar-refractivity contribution is 9.10. The van der Waals surface area contributed by atoms with E-state index in [2.05, 4.69) is 34.2 Å². The molecule has 134 valence electrons. The molecular weight excluding hydrogens is 392 g/mol. The number of carboxylic acid groups (broad SMARTS) is 1. The molecule has 2 aromatic rings. The van der Waals surface area contributed by atoms with Gasteiger partial charge in [0, 0.05) is 21.3 Å². The number of benzene rings is 2. The average molecular weight is 413 g/mol. The highest BCUT2D eigenvalue weighted by atomic mass is 79.9. The number of rotatable bonds is 3. The predicted octanol–water partition coefficient (Wildman–Crippen LogP) is 5.30. The van der Waals surface area contributed by atoms with E-state index in [1.54, 1.807) is 0 Å². The highest BCUT2D eigenvalue weighted by Gasteiger charge is 2.51. The fraction of sp³-hybridized carbons (Fsp3) is 0.333. The molecule has 0 aromatic heterocycles. The second-order valence-corrected chi connectivity index (χ2v) is 8.23. The minimum Gasteiger partial charge on any atom is -0.480 e. The number of nitrogens with one attached hydrogen (secondary N) is 1. The predicted molar refractivity (Wildman–Crippen MR) is 107 cm³/mol. The van der Waals surface area contributed by atoms with Gasteiger partial charge in [0.15, 0.2) is 0 Å². The summed E-state index contributed by atoms with van der Waals surface area (Å²) in [4.78, 5) is 17.0. The summed E-state index contributed by atoms with van der Waals surface area (Å²) in [6.45, 7) is 2.08. The fourth-order valence-corrected chi connectivity index (χ4v) is 4.83. The number of nitrogens with zero attached hydrogens (tertiary/aromatic N) is 1. The van der Waals surface area contributed by atoms with Gasteiger partial charge in [-0.3, -0.25) is 4.99 Å². The summed E-state index contributed by atoms with van der Waals surface area (Å²) in [5.41, 5.74) is 3.17. The van der Waals surface area contributed by atoms with E-state index < -0.39 is 11.5 Å². The largest absolute Gasteiger partial charge is 0.480 e. The first-order valence-electron chi connectivity index (χ1n) is 8.88. The molecule has 2 N–H and O–H groups in total. The van der Waals surface area contributed by atoms with E-state index in [0.29, 0.717) is 12.8 Å². The summed E-state index contributed by atoms with van der Waals surface area (Å²) in [6.07, 6.45) is 2.70. The first-order valence-corrected chi connectivity index (χ1v) is 9.67. The number of anilines is 1. The van der Waals surface area contributed by atoms with E-state index in [1.165, 1.54) is 5.56 Å². The summed E-state index contributed by atoms with van der Waals surface area (Å²) in [5, 5.41) is 13.3. The van der Waals surface area contributed by atoms with Crippen molar-refractivity contribution >= 4 is 39.0 Å². The lowest BCUT2D eigenvalue weighted by molar-refractivity contribution is -0.143. The molecule has 1 aliphatic carbocycles. The van der Waals surface area contributed by atoms with Crippen LogP contribution in [-0.2, 0) is 10.2 Å². The highest BCUT2D eigenvalue weighted by Crippen LogP contribution is 2.51. The van der Waals surface area contributed by atoms with Crippen LogP contribution in [0.15, 0.2) is 58.0 Å². The van der Waals surface area contributed by atoms with Crippen LogP contribution < -0.4 is 5.32 Å². The van der Waals surface area contributed by atoms with Gasteiger partial charge in [0.2, 0.25) is 0 Å². The van der Waals surface area contributed by atoms with E-state index in [4.69, 9.17) is 4.99 Å². The van der Waals surface area contributed by atoms with Crippen molar-refractivity contribution in [2.24, 2.45) is 4.99 Å². The van der Waals surface area contributed by atoms with Gasteiger partial charge in [0.25, 0.3) is 0 Å². The van der Waals surface area contributed by atoms with Gasteiger partial charge in [-0.15, -0.1) is 0 Å². The lowest BCUT2D eigenvalue weighted by atomic mass is 9.62. The monoisotopic (exact) mass is 412 g/mol. The molecule has 0 unspecified atom stereocenters. The summed E-state index contributed by atoms with van der Waals surface area (Å²) in [7, 11) is 0. The van der Waals surface area contributed by atoms with E-state index >= 15 is 0 Å². The summed E-state index contributed by atoms with van der Waals surface area (Å²) < 4.78 is 0.933. The maximum atomic E-state index is 12.2. The fourth-order valence-electron chi connectivity index (χ4n) is 4.43. The van der Waals surface area contributed by atoms with E-state index in [9.17, 15) is 9.90 Å². The summed E-state index contributed by atoms with van der Waals surface area (Å²) in [5.74, 6) is -0.784. The first-order chi connectivity index (χ1) is 12.5.